The number of nitrogens with one attached hydrogen (secondary N) is 1. The molecule has 0 atom stereocenters. The molecule has 0 radical (unpaired) electrons. The first kappa shape index (κ1) is 21.3. The largest absolute Gasteiger partial charge is 0.481 e. The topological polar surface area (TPSA) is 145 Å². The van der Waals surface area contributed by atoms with Crippen LogP contribution in [0.2, 0.25) is 0 Å². The number of amides is 2. The highest BCUT2D eigenvalue weighted by Crippen LogP contribution is 2.31. The minimum Gasteiger partial charge on any atom is -0.481 e. The van der Waals surface area contributed by atoms with Gasteiger partial charge in [-0.1, -0.05) is 6.07 Å². The summed E-state index contributed by atoms with van der Waals surface area (Å²) in [5.74, 6) is -1.04. The summed E-state index contributed by atoms with van der Waals surface area (Å²) in [7, 11) is -3.65. The van der Waals surface area contributed by atoms with Crippen molar-refractivity contribution in [1.82, 2.24) is 0 Å². The summed E-state index contributed by atoms with van der Waals surface area (Å²) in [4.78, 5) is 26.7. The van der Waals surface area contributed by atoms with Crippen LogP contribution in [-0.4, -0.2) is 50.7 Å². The van der Waals surface area contributed by atoms with Gasteiger partial charge < -0.3 is 10.8 Å². The van der Waals surface area contributed by atoms with Crippen LogP contribution in [0.5, 0.6) is 0 Å². The molecule has 9 nitrogen and oxygen atoms in total. The Morgan fingerprint density at radius 2 is 1.77 bits per heavy atom. The molecule has 1 heterocycles. The van der Waals surface area contributed by atoms with Crippen LogP contribution in [0.1, 0.15) is 17.5 Å². The van der Waals surface area contributed by atoms with E-state index in [1.54, 1.807) is 36.4 Å². The van der Waals surface area contributed by atoms with Crippen molar-refractivity contribution in [2.24, 2.45) is 5.73 Å². The number of benzene rings is 2. The fourth-order valence-corrected chi connectivity index (χ4v) is 4.23. The highest BCUT2D eigenvalue weighted by Gasteiger charge is 2.33. The number of anilines is 2. The van der Waals surface area contributed by atoms with Crippen LogP contribution in [0.3, 0.4) is 0 Å². The lowest BCUT2D eigenvalue weighted by atomic mass is 10.1. The SMILES string of the molecule is CS(=O)(=O)c1cc(CCC(=O)O)ccc1N1CCN(c2ccc(C(=N)N)cc2)C1=O. The van der Waals surface area contributed by atoms with Gasteiger partial charge in [-0.2, -0.15) is 0 Å². The van der Waals surface area contributed by atoms with Gasteiger partial charge in [0.15, 0.2) is 9.84 Å². The van der Waals surface area contributed by atoms with E-state index in [1.807, 2.05) is 0 Å². The molecular formula is C20H22N4O5S. The van der Waals surface area contributed by atoms with Gasteiger partial charge in [-0.15, -0.1) is 0 Å². The van der Waals surface area contributed by atoms with Gasteiger partial charge in [0.2, 0.25) is 0 Å². The highest BCUT2D eigenvalue weighted by atomic mass is 32.2. The third kappa shape index (κ3) is 4.43. The van der Waals surface area contributed by atoms with E-state index in [9.17, 15) is 18.0 Å². The number of nitrogen functional groups attached to an aromatic ring is 1. The molecule has 158 valence electrons. The van der Waals surface area contributed by atoms with Crippen LogP contribution in [0, 0.1) is 5.41 Å². The van der Waals surface area contributed by atoms with Gasteiger partial charge in [0.25, 0.3) is 0 Å². The van der Waals surface area contributed by atoms with Crippen LogP contribution in [0.25, 0.3) is 0 Å². The smallest absolute Gasteiger partial charge is 0.329 e. The van der Waals surface area contributed by atoms with E-state index in [0.29, 0.717) is 29.9 Å². The Morgan fingerprint density at radius 3 is 2.33 bits per heavy atom. The average molecular weight is 430 g/mol. The van der Waals surface area contributed by atoms with Crippen molar-refractivity contribution in [3.8, 4) is 0 Å². The molecule has 0 spiro atoms. The molecule has 10 heteroatoms. The lowest BCUT2D eigenvalue weighted by Crippen LogP contribution is -2.32. The summed E-state index contributed by atoms with van der Waals surface area (Å²) in [5, 5.41) is 16.3. The summed E-state index contributed by atoms with van der Waals surface area (Å²) in [5.41, 5.74) is 7.45. The number of urea groups is 1. The molecule has 1 aliphatic heterocycles. The van der Waals surface area contributed by atoms with Gasteiger partial charge in [-0.25, -0.2) is 13.2 Å². The fraction of sp³-hybridized carbons (Fsp3) is 0.250. The third-order valence-corrected chi connectivity index (χ3v) is 5.97. The molecular weight excluding hydrogens is 408 g/mol. The molecule has 1 fully saturated rings. The highest BCUT2D eigenvalue weighted by molar-refractivity contribution is 7.90. The van der Waals surface area contributed by atoms with Crippen molar-refractivity contribution >= 4 is 39.0 Å². The molecule has 3 rings (SSSR count). The van der Waals surface area contributed by atoms with Gasteiger partial charge in [0.1, 0.15) is 5.84 Å². The molecule has 2 aromatic rings. The van der Waals surface area contributed by atoms with Gasteiger partial charge in [0, 0.05) is 37.0 Å². The zero-order valence-electron chi connectivity index (χ0n) is 16.3. The first-order valence-electron chi connectivity index (χ1n) is 9.16. The number of nitrogens with zero attached hydrogens (tertiary/aromatic N) is 2. The number of hydrogen-bond donors (Lipinski definition) is 3. The monoisotopic (exact) mass is 430 g/mol. The molecule has 2 aromatic carbocycles. The van der Waals surface area contributed by atoms with Crippen molar-refractivity contribution in [1.29, 1.82) is 5.41 Å². The first-order valence-corrected chi connectivity index (χ1v) is 11.1. The van der Waals surface area contributed by atoms with Crippen molar-refractivity contribution in [2.45, 2.75) is 17.7 Å². The van der Waals surface area contributed by atoms with Gasteiger partial charge in [-0.3, -0.25) is 20.0 Å². The maximum atomic E-state index is 13.0. The lowest BCUT2D eigenvalue weighted by Gasteiger charge is -2.21. The molecule has 30 heavy (non-hydrogen) atoms. The van der Waals surface area contributed by atoms with E-state index in [4.69, 9.17) is 16.2 Å². The number of amidine groups is 1. The number of hydrogen-bond acceptors (Lipinski definition) is 5. The molecule has 1 saturated heterocycles. The summed E-state index contributed by atoms with van der Waals surface area (Å²) in [6.07, 6.45) is 1.14. The summed E-state index contributed by atoms with van der Waals surface area (Å²) < 4.78 is 24.7. The van der Waals surface area contributed by atoms with E-state index in [0.717, 1.165) is 6.26 Å². The third-order valence-electron chi connectivity index (χ3n) is 4.84. The van der Waals surface area contributed by atoms with Crippen molar-refractivity contribution < 1.29 is 23.1 Å². The fourth-order valence-electron chi connectivity index (χ4n) is 3.31. The Hall–Kier alpha value is -3.40. The van der Waals surface area contributed by atoms with Gasteiger partial charge in [-0.05, 0) is 48.4 Å². The van der Waals surface area contributed by atoms with Gasteiger partial charge >= 0.3 is 12.0 Å². The Labute approximate surface area is 174 Å². The summed E-state index contributed by atoms with van der Waals surface area (Å²) >= 11 is 0. The molecule has 0 bridgehead atoms. The molecule has 0 unspecified atom stereocenters. The molecule has 0 aromatic heterocycles. The Kier molecular flexibility index (Phi) is 5.79. The second kappa shape index (κ2) is 8.15. The maximum absolute atomic E-state index is 13.0. The van der Waals surface area contributed by atoms with E-state index >= 15 is 0 Å². The zero-order chi connectivity index (χ0) is 22.1. The minimum absolute atomic E-state index is 0.00693. The second-order valence-corrected chi connectivity index (χ2v) is 9.00. The van der Waals surface area contributed by atoms with Gasteiger partial charge in [0.05, 0.1) is 10.6 Å². The predicted molar refractivity (Wildman–Crippen MR) is 113 cm³/mol. The van der Waals surface area contributed by atoms with E-state index in [2.05, 4.69) is 0 Å². The van der Waals surface area contributed by atoms with Crippen LogP contribution in [-0.2, 0) is 21.1 Å². The zero-order valence-corrected chi connectivity index (χ0v) is 17.1. The van der Waals surface area contributed by atoms with Crippen LogP contribution < -0.4 is 15.5 Å². The number of nitrogens with two attached hydrogens (primary N) is 1. The number of sulfone groups is 1. The molecule has 4 N–H and O–H groups in total. The number of carboxylic acids is 1. The average Bonchev–Trinajstić information content (AvgIpc) is 3.06. The molecule has 0 aliphatic carbocycles. The molecule has 2 amide bonds. The number of carbonyl (C=O) groups excluding carboxylic acids is 1. The Bertz CT molecular complexity index is 1110. The Morgan fingerprint density at radius 1 is 1.13 bits per heavy atom. The second-order valence-electron chi connectivity index (χ2n) is 7.01. The molecule has 1 aliphatic rings. The number of aliphatic carboxylic acids is 1. The van der Waals surface area contributed by atoms with E-state index in [-0.39, 0.29) is 35.3 Å². The summed E-state index contributed by atoms with van der Waals surface area (Å²) in [6.45, 7) is 0.659. The van der Waals surface area contributed by atoms with E-state index in [1.165, 1.54) is 15.9 Å². The standard InChI is InChI=1S/C20H22N4O5S/c1-30(28,29)17-12-13(3-9-18(25)26)2-8-16(17)24-11-10-23(20(24)27)15-6-4-14(5-7-15)19(21)22/h2,4-8,12H,3,9-11H2,1H3,(H3,21,22)(H,25,26). The number of carbonyl (C=O) groups is 2. The normalized spacial score (nSPS) is 14.2. The van der Waals surface area contributed by atoms with Crippen molar-refractivity contribution in [2.75, 3.05) is 29.1 Å². The first-order chi connectivity index (χ1) is 14.1. The van der Waals surface area contributed by atoms with E-state index < -0.39 is 15.8 Å². The van der Waals surface area contributed by atoms with Crippen LogP contribution in [0.15, 0.2) is 47.4 Å². The van der Waals surface area contributed by atoms with Crippen LogP contribution in [0.4, 0.5) is 16.2 Å². The number of carboxylic acid groups (broad SMARTS) is 1. The Balaban J connectivity index is 1.91. The number of aryl methyl sites for hydroxylation is 1. The maximum Gasteiger partial charge on any atom is 0.329 e. The van der Waals surface area contributed by atoms with Crippen LogP contribution >= 0.6 is 0 Å². The number of rotatable bonds is 7. The molecule has 0 saturated carbocycles. The quantitative estimate of drug-likeness (QED) is 0.451. The van der Waals surface area contributed by atoms with Crippen molar-refractivity contribution in [3.05, 3.63) is 53.6 Å². The minimum atomic E-state index is -3.65. The lowest BCUT2D eigenvalue weighted by molar-refractivity contribution is -0.136. The predicted octanol–water partition coefficient (Wildman–Crippen LogP) is 1.84. The summed E-state index contributed by atoms with van der Waals surface area (Å²) in [6, 6.07) is 10.9. The van der Waals surface area contributed by atoms with Crippen molar-refractivity contribution in [3.63, 3.8) is 0 Å².